The number of carbonyl (C=O) groups is 2. The van der Waals surface area contributed by atoms with Gasteiger partial charge in [-0.2, -0.15) is 13.2 Å². The number of nitrogens with one attached hydrogen (secondary N) is 2. The molecule has 0 bridgehead atoms. The molecule has 0 aliphatic rings. The largest absolute Gasteiger partial charge is 0.462 e. The van der Waals surface area contributed by atoms with Gasteiger partial charge in [0.1, 0.15) is 11.5 Å². The van der Waals surface area contributed by atoms with E-state index in [0.29, 0.717) is 9.34 Å². The lowest BCUT2D eigenvalue weighted by atomic mass is 10.3. The number of aromatic nitrogens is 2. The first-order chi connectivity index (χ1) is 12.3. The highest BCUT2D eigenvalue weighted by molar-refractivity contribution is 8.01. The lowest BCUT2D eigenvalue weighted by Crippen LogP contribution is -2.21. The number of anilines is 2. The van der Waals surface area contributed by atoms with Crippen LogP contribution in [0.1, 0.15) is 17.3 Å². The number of nitrogens with zero attached hydrogens (tertiary/aromatic N) is 2. The maximum atomic E-state index is 12.1. The van der Waals surface area contributed by atoms with E-state index < -0.39 is 18.7 Å². The van der Waals surface area contributed by atoms with Crippen LogP contribution in [0.3, 0.4) is 0 Å². The first-order valence-corrected chi connectivity index (χ1v) is 9.78. The van der Waals surface area contributed by atoms with Crippen LogP contribution in [0.2, 0.25) is 0 Å². The van der Waals surface area contributed by atoms with Crippen molar-refractivity contribution in [3.8, 4) is 0 Å². The van der Waals surface area contributed by atoms with E-state index in [0.717, 1.165) is 23.1 Å². The maximum Gasteiger partial charge on any atom is 0.405 e. The Morgan fingerprint density at radius 1 is 1.35 bits per heavy atom. The third kappa shape index (κ3) is 6.46. The third-order valence-electron chi connectivity index (χ3n) is 2.59. The minimum Gasteiger partial charge on any atom is -0.462 e. The van der Waals surface area contributed by atoms with Gasteiger partial charge in [-0.1, -0.05) is 23.1 Å². The van der Waals surface area contributed by atoms with Gasteiger partial charge >= 0.3 is 12.1 Å². The molecule has 0 spiro atoms. The van der Waals surface area contributed by atoms with Gasteiger partial charge in [0.05, 0.1) is 17.9 Å². The molecule has 0 atom stereocenters. The molecule has 142 valence electrons. The molecule has 2 aromatic rings. The SMILES string of the molecule is CCOC(=O)c1ccsc1NC(=O)CSc1nnc(NCC(F)(F)F)s1. The van der Waals surface area contributed by atoms with E-state index in [1.807, 2.05) is 0 Å². The van der Waals surface area contributed by atoms with Gasteiger partial charge in [0.15, 0.2) is 4.34 Å². The zero-order chi connectivity index (χ0) is 19.2. The molecule has 2 heterocycles. The van der Waals surface area contributed by atoms with Crippen LogP contribution in [-0.4, -0.2) is 47.2 Å². The Morgan fingerprint density at radius 3 is 2.81 bits per heavy atom. The zero-order valence-electron chi connectivity index (χ0n) is 13.3. The number of thiophene rings is 1. The van der Waals surface area contributed by atoms with Crippen molar-refractivity contribution in [2.75, 3.05) is 29.5 Å². The third-order valence-corrected chi connectivity index (χ3v) is 5.43. The van der Waals surface area contributed by atoms with Gasteiger partial charge < -0.3 is 15.4 Å². The van der Waals surface area contributed by atoms with Gasteiger partial charge in [0.2, 0.25) is 11.0 Å². The highest BCUT2D eigenvalue weighted by Gasteiger charge is 2.27. The highest BCUT2D eigenvalue weighted by Crippen LogP contribution is 2.28. The van der Waals surface area contributed by atoms with Crippen molar-refractivity contribution in [1.82, 2.24) is 10.2 Å². The molecular weight excluding hydrogens is 413 g/mol. The number of hydrogen-bond donors (Lipinski definition) is 2. The summed E-state index contributed by atoms with van der Waals surface area (Å²) < 4.78 is 41.6. The lowest BCUT2D eigenvalue weighted by Gasteiger charge is -2.05. The molecule has 0 saturated carbocycles. The Morgan fingerprint density at radius 2 is 2.12 bits per heavy atom. The Kier molecular flexibility index (Phi) is 7.23. The lowest BCUT2D eigenvalue weighted by molar-refractivity contribution is -0.115. The molecule has 0 aliphatic carbocycles. The standard InChI is InChI=1S/C13H13F3N4O3S3/c1-2-23-10(22)7-3-4-24-9(7)18-8(21)5-25-12-20-19-11(26-12)17-6-13(14,15)16/h3-4H,2,5-6H2,1H3,(H,17,19)(H,18,21). The molecular formula is C13H13F3N4O3S3. The van der Waals surface area contributed by atoms with Gasteiger partial charge in [-0.3, -0.25) is 4.79 Å². The second-order valence-electron chi connectivity index (χ2n) is 4.56. The fraction of sp³-hybridized carbons (Fsp3) is 0.385. The van der Waals surface area contributed by atoms with Crippen molar-refractivity contribution < 1.29 is 27.5 Å². The molecule has 2 N–H and O–H groups in total. The minimum absolute atomic E-state index is 0.0214. The Bertz CT molecular complexity index is 763. The molecule has 2 aromatic heterocycles. The topological polar surface area (TPSA) is 93.2 Å². The molecule has 7 nitrogen and oxygen atoms in total. The van der Waals surface area contributed by atoms with Crippen LogP contribution in [0, 0.1) is 0 Å². The van der Waals surface area contributed by atoms with Crippen LogP contribution >= 0.6 is 34.4 Å². The smallest absolute Gasteiger partial charge is 0.405 e. The number of rotatable bonds is 8. The van der Waals surface area contributed by atoms with E-state index in [1.165, 1.54) is 11.3 Å². The fourth-order valence-corrected chi connectivity index (χ4v) is 3.92. The summed E-state index contributed by atoms with van der Waals surface area (Å²) >= 11 is 3.13. The molecule has 13 heteroatoms. The minimum atomic E-state index is -4.35. The zero-order valence-corrected chi connectivity index (χ0v) is 15.7. The molecule has 0 fully saturated rings. The fourth-order valence-electron chi connectivity index (χ4n) is 1.58. The van der Waals surface area contributed by atoms with E-state index in [9.17, 15) is 22.8 Å². The molecule has 0 saturated heterocycles. The van der Waals surface area contributed by atoms with Crippen LogP contribution in [0.4, 0.5) is 23.3 Å². The van der Waals surface area contributed by atoms with Crippen LogP contribution in [0.15, 0.2) is 15.8 Å². The quantitative estimate of drug-likeness (QED) is 0.493. The summed E-state index contributed by atoms with van der Waals surface area (Å²) in [5.74, 6) is -0.946. The highest BCUT2D eigenvalue weighted by atomic mass is 32.2. The average Bonchev–Trinajstić information content (AvgIpc) is 3.19. The summed E-state index contributed by atoms with van der Waals surface area (Å²) in [7, 11) is 0. The van der Waals surface area contributed by atoms with Crippen LogP contribution in [-0.2, 0) is 9.53 Å². The van der Waals surface area contributed by atoms with E-state index in [2.05, 4.69) is 20.8 Å². The van der Waals surface area contributed by atoms with Gasteiger partial charge in [0.25, 0.3) is 0 Å². The normalized spacial score (nSPS) is 11.2. The number of carbonyl (C=O) groups excluding carboxylic acids is 2. The van der Waals surface area contributed by atoms with Crippen molar-refractivity contribution in [2.45, 2.75) is 17.4 Å². The number of thioether (sulfide) groups is 1. The Hall–Kier alpha value is -1.86. The summed E-state index contributed by atoms with van der Waals surface area (Å²) in [6, 6.07) is 1.55. The van der Waals surface area contributed by atoms with Gasteiger partial charge in [-0.25, -0.2) is 4.79 Å². The second kappa shape index (κ2) is 9.19. The van der Waals surface area contributed by atoms with Crippen molar-refractivity contribution >= 4 is 56.4 Å². The van der Waals surface area contributed by atoms with Crippen LogP contribution in [0.5, 0.6) is 0 Å². The van der Waals surface area contributed by atoms with Crippen LogP contribution in [0.25, 0.3) is 0 Å². The van der Waals surface area contributed by atoms with E-state index in [4.69, 9.17) is 4.74 Å². The van der Waals surface area contributed by atoms with Gasteiger partial charge in [-0.05, 0) is 18.4 Å². The molecule has 2 rings (SSSR count). The number of amides is 1. The number of halogens is 3. The molecule has 0 radical (unpaired) electrons. The summed E-state index contributed by atoms with van der Waals surface area (Å²) in [4.78, 5) is 23.7. The average molecular weight is 426 g/mol. The van der Waals surface area contributed by atoms with E-state index in [1.54, 1.807) is 18.4 Å². The van der Waals surface area contributed by atoms with Crippen molar-refractivity contribution in [1.29, 1.82) is 0 Å². The summed E-state index contributed by atoms with van der Waals surface area (Å²) in [6.45, 7) is 0.695. The van der Waals surface area contributed by atoms with Crippen molar-refractivity contribution in [3.05, 3.63) is 17.0 Å². The van der Waals surface area contributed by atoms with Gasteiger partial charge in [-0.15, -0.1) is 21.5 Å². The Balaban J connectivity index is 1.84. The molecule has 1 amide bonds. The van der Waals surface area contributed by atoms with Crippen molar-refractivity contribution in [3.63, 3.8) is 0 Å². The molecule has 26 heavy (non-hydrogen) atoms. The van der Waals surface area contributed by atoms with Crippen LogP contribution < -0.4 is 10.6 Å². The second-order valence-corrected chi connectivity index (χ2v) is 7.68. The maximum absolute atomic E-state index is 12.1. The summed E-state index contributed by atoms with van der Waals surface area (Å²) in [5.41, 5.74) is 0.268. The predicted octanol–water partition coefficient (Wildman–Crippen LogP) is 3.48. The monoisotopic (exact) mass is 426 g/mol. The molecule has 0 aliphatic heterocycles. The van der Waals surface area contributed by atoms with E-state index >= 15 is 0 Å². The Labute approximate surface area is 158 Å². The predicted molar refractivity (Wildman–Crippen MR) is 94.1 cm³/mol. The molecule has 0 unspecified atom stereocenters. The summed E-state index contributed by atoms with van der Waals surface area (Å²) in [5, 5.41) is 14.0. The number of ether oxygens (including phenoxy) is 1. The van der Waals surface area contributed by atoms with E-state index in [-0.39, 0.29) is 29.0 Å². The first kappa shape index (κ1) is 20.5. The first-order valence-electron chi connectivity index (χ1n) is 7.10. The van der Waals surface area contributed by atoms with Gasteiger partial charge in [0, 0.05) is 0 Å². The molecule has 0 aromatic carbocycles. The number of hydrogen-bond acceptors (Lipinski definition) is 9. The number of esters is 1. The number of alkyl halides is 3. The summed E-state index contributed by atoms with van der Waals surface area (Å²) in [6.07, 6.45) is -4.35. The van der Waals surface area contributed by atoms with Crippen molar-refractivity contribution in [2.24, 2.45) is 0 Å².